The molecule has 17 heavy (non-hydrogen) atoms. The number of unbranched alkanes of at least 4 members (excludes halogenated alkanes) is 1. The molecule has 96 valence electrons. The molecule has 2 rings (SSSR count). The molecule has 0 fully saturated rings. The first-order valence-electron chi connectivity index (χ1n) is 7.04. The third kappa shape index (κ3) is 3.12. The van der Waals surface area contributed by atoms with Gasteiger partial charge in [0, 0.05) is 24.0 Å². The van der Waals surface area contributed by atoms with E-state index in [9.17, 15) is 5.11 Å². The highest BCUT2D eigenvalue weighted by Gasteiger charge is 2.20. The molecule has 2 heteroatoms. The molecule has 1 heterocycles. The zero-order valence-electron chi connectivity index (χ0n) is 11.2. The van der Waals surface area contributed by atoms with E-state index in [1.54, 1.807) is 0 Å². The number of rotatable bonds is 5. The number of aliphatic hydroxyl groups excluding tert-OH is 1. The number of aliphatic hydroxyl groups is 1. The van der Waals surface area contributed by atoms with Crippen LogP contribution in [-0.4, -0.2) is 9.67 Å². The Kier molecular flexibility index (Phi) is 4.27. The lowest BCUT2D eigenvalue weighted by Crippen LogP contribution is -2.12. The maximum atomic E-state index is 9.91. The van der Waals surface area contributed by atoms with Crippen LogP contribution in [-0.2, 0) is 13.0 Å². The van der Waals surface area contributed by atoms with Crippen molar-refractivity contribution in [3.63, 3.8) is 0 Å². The average molecular weight is 235 g/mol. The van der Waals surface area contributed by atoms with E-state index in [0.717, 1.165) is 31.7 Å². The lowest BCUT2D eigenvalue weighted by atomic mass is 9.95. The van der Waals surface area contributed by atoms with Crippen molar-refractivity contribution in [3.8, 4) is 0 Å². The van der Waals surface area contributed by atoms with Crippen molar-refractivity contribution in [1.29, 1.82) is 0 Å². The fourth-order valence-electron chi connectivity index (χ4n) is 2.78. The Hall–Kier alpha value is -0.760. The molecule has 1 atom stereocenters. The number of nitrogens with zero attached hydrogens (tertiary/aromatic N) is 1. The molecule has 1 unspecified atom stereocenters. The smallest absolute Gasteiger partial charge is 0.0807 e. The average Bonchev–Trinajstić information content (AvgIpc) is 2.69. The number of hydrogen-bond acceptors (Lipinski definition) is 1. The Morgan fingerprint density at radius 1 is 1.41 bits per heavy atom. The normalized spacial score (nSPS) is 19.6. The Morgan fingerprint density at radius 3 is 3.00 bits per heavy atom. The van der Waals surface area contributed by atoms with E-state index in [-0.39, 0.29) is 6.10 Å². The molecule has 0 saturated carbocycles. The second kappa shape index (κ2) is 5.72. The molecular weight excluding hydrogens is 210 g/mol. The van der Waals surface area contributed by atoms with Gasteiger partial charge in [0.25, 0.3) is 0 Å². The van der Waals surface area contributed by atoms with E-state index in [2.05, 4.69) is 30.7 Å². The molecule has 1 aromatic heterocycles. The van der Waals surface area contributed by atoms with E-state index >= 15 is 0 Å². The Morgan fingerprint density at radius 2 is 2.24 bits per heavy atom. The summed E-state index contributed by atoms with van der Waals surface area (Å²) in [6, 6.07) is 2.11. The van der Waals surface area contributed by atoms with Crippen molar-refractivity contribution in [1.82, 2.24) is 4.57 Å². The number of aryl methyl sites for hydroxylation is 1. The Balaban J connectivity index is 1.89. The van der Waals surface area contributed by atoms with Gasteiger partial charge in [0.2, 0.25) is 0 Å². The van der Waals surface area contributed by atoms with Gasteiger partial charge in [-0.1, -0.05) is 26.7 Å². The standard InChI is InChI=1S/C15H25NO/c1-12(2)6-3-4-10-16-11-9-13-14(16)7-5-8-15(13)17/h9,11-12,15,17H,3-8,10H2,1-2H3. The van der Waals surface area contributed by atoms with Crippen molar-refractivity contribution >= 4 is 0 Å². The van der Waals surface area contributed by atoms with Crippen molar-refractivity contribution in [2.45, 2.75) is 65.0 Å². The molecule has 0 bridgehead atoms. The van der Waals surface area contributed by atoms with Gasteiger partial charge < -0.3 is 9.67 Å². The summed E-state index contributed by atoms with van der Waals surface area (Å²) < 4.78 is 2.36. The predicted octanol–water partition coefficient (Wildman–Crippen LogP) is 3.68. The van der Waals surface area contributed by atoms with E-state index < -0.39 is 0 Å². The van der Waals surface area contributed by atoms with E-state index in [1.807, 2.05) is 0 Å². The minimum Gasteiger partial charge on any atom is -0.388 e. The van der Waals surface area contributed by atoms with Gasteiger partial charge in [-0.15, -0.1) is 0 Å². The summed E-state index contributed by atoms with van der Waals surface area (Å²) in [6.07, 6.45) is 9.05. The Labute approximate surface area is 105 Å². The Bertz CT molecular complexity index is 354. The van der Waals surface area contributed by atoms with Crippen LogP contribution in [0.25, 0.3) is 0 Å². The van der Waals surface area contributed by atoms with Crippen LogP contribution in [0.1, 0.15) is 63.3 Å². The lowest BCUT2D eigenvalue weighted by molar-refractivity contribution is 0.155. The van der Waals surface area contributed by atoms with Gasteiger partial charge in [0.05, 0.1) is 6.10 Å². The number of aromatic nitrogens is 1. The molecule has 0 saturated heterocycles. The molecular formula is C15H25NO. The van der Waals surface area contributed by atoms with Gasteiger partial charge in [0.1, 0.15) is 0 Å². The molecule has 1 aliphatic carbocycles. The van der Waals surface area contributed by atoms with Crippen LogP contribution in [0.4, 0.5) is 0 Å². The third-order valence-electron chi connectivity index (χ3n) is 3.79. The highest BCUT2D eigenvalue weighted by atomic mass is 16.3. The number of fused-ring (bicyclic) bond motifs is 1. The quantitative estimate of drug-likeness (QED) is 0.774. The SMILES string of the molecule is CC(C)CCCCn1ccc2c1CCCC2O. The molecule has 0 radical (unpaired) electrons. The summed E-state index contributed by atoms with van der Waals surface area (Å²) in [6.45, 7) is 5.69. The molecule has 0 aromatic carbocycles. The van der Waals surface area contributed by atoms with Gasteiger partial charge in [-0.2, -0.15) is 0 Å². The van der Waals surface area contributed by atoms with Crippen LogP contribution in [0.3, 0.4) is 0 Å². The third-order valence-corrected chi connectivity index (χ3v) is 3.79. The highest BCUT2D eigenvalue weighted by Crippen LogP contribution is 2.30. The van der Waals surface area contributed by atoms with Gasteiger partial charge in [-0.05, 0) is 37.7 Å². The molecule has 0 aliphatic heterocycles. The molecule has 1 N–H and O–H groups in total. The first-order chi connectivity index (χ1) is 8.18. The summed E-state index contributed by atoms with van der Waals surface area (Å²) in [5.74, 6) is 0.815. The van der Waals surface area contributed by atoms with Crippen molar-refractivity contribution in [3.05, 3.63) is 23.5 Å². The van der Waals surface area contributed by atoms with Gasteiger partial charge >= 0.3 is 0 Å². The lowest BCUT2D eigenvalue weighted by Gasteiger charge is -2.20. The second-order valence-electron chi connectivity index (χ2n) is 5.71. The summed E-state index contributed by atoms with van der Waals surface area (Å²) in [4.78, 5) is 0. The van der Waals surface area contributed by atoms with Crippen LogP contribution in [0.15, 0.2) is 12.3 Å². The summed E-state index contributed by atoms with van der Waals surface area (Å²) in [5, 5.41) is 9.91. The van der Waals surface area contributed by atoms with Gasteiger partial charge in [-0.3, -0.25) is 0 Å². The van der Waals surface area contributed by atoms with Gasteiger partial charge in [-0.25, -0.2) is 0 Å². The van der Waals surface area contributed by atoms with E-state index in [4.69, 9.17) is 0 Å². The van der Waals surface area contributed by atoms with Crippen LogP contribution >= 0.6 is 0 Å². The summed E-state index contributed by atoms with van der Waals surface area (Å²) in [7, 11) is 0. The summed E-state index contributed by atoms with van der Waals surface area (Å²) in [5.41, 5.74) is 2.56. The van der Waals surface area contributed by atoms with Crippen LogP contribution in [0, 0.1) is 5.92 Å². The zero-order chi connectivity index (χ0) is 12.3. The maximum Gasteiger partial charge on any atom is 0.0807 e. The molecule has 0 amide bonds. The van der Waals surface area contributed by atoms with Gasteiger partial charge in [0.15, 0.2) is 0 Å². The van der Waals surface area contributed by atoms with Crippen LogP contribution < -0.4 is 0 Å². The van der Waals surface area contributed by atoms with Crippen molar-refractivity contribution < 1.29 is 5.11 Å². The van der Waals surface area contributed by atoms with E-state index in [0.29, 0.717) is 0 Å². The number of hydrogen-bond donors (Lipinski definition) is 1. The molecule has 1 aromatic rings. The van der Waals surface area contributed by atoms with Crippen LogP contribution in [0.5, 0.6) is 0 Å². The molecule has 1 aliphatic rings. The molecule has 0 spiro atoms. The second-order valence-corrected chi connectivity index (χ2v) is 5.71. The fraction of sp³-hybridized carbons (Fsp3) is 0.733. The highest BCUT2D eigenvalue weighted by molar-refractivity contribution is 5.27. The minimum absolute atomic E-state index is 0.212. The topological polar surface area (TPSA) is 25.2 Å². The van der Waals surface area contributed by atoms with Crippen molar-refractivity contribution in [2.24, 2.45) is 5.92 Å². The predicted molar refractivity (Wildman–Crippen MR) is 71.0 cm³/mol. The largest absolute Gasteiger partial charge is 0.388 e. The fourth-order valence-corrected chi connectivity index (χ4v) is 2.78. The first-order valence-corrected chi connectivity index (χ1v) is 7.04. The van der Waals surface area contributed by atoms with E-state index in [1.165, 1.54) is 30.5 Å². The summed E-state index contributed by atoms with van der Waals surface area (Å²) >= 11 is 0. The van der Waals surface area contributed by atoms with Crippen molar-refractivity contribution in [2.75, 3.05) is 0 Å². The maximum absolute atomic E-state index is 9.91. The first kappa shape index (κ1) is 12.7. The monoisotopic (exact) mass is 235 g/mol. The molecule has 2 nitrogen and oxygen atoms in total. The minimum atomic E-state index is -0.212. The zero-order valence-corrected chi connectivity index (χ0v) is 11.2. The van der Waals surface area contributed by atoms with Crippen LogP contribution in [0.2, 0.25) is 0 Å².